The summed E-state index contributed by atoms with van der Waals surface area (Å²) < 4.78 is 0.932. The molecule has 66 valence electrons. The van der Waals surface area contributed by atoms with Gasteiger partial charge < -0.3 is 4.98 Å². The van der Waals surface area contributed by atoms with Crippen molar-refractivity contribution in [1.29, 1.82) is 0 Å². The number of hydrogen-bond donors (Lipinski definition) is 1. The Bertz CT molecular complexity index is 518. The Balaban J connectivity index is 2.89. The number of benzene rings is 1. The van der Waals surface area contributed by atoms with E-state index in [0.717, 1.165) is 15.5 Å². The van der Waals surface area contributed by atoms with Crippen molar-refractivity contribution in [2.45, 2.75) is 6.92 Å². The van der Waals surface area contributed by atoms with E-state index >= 15 is 0 Å². The molecular weight excluding hydrogens is 232 g/mol. The largest absolute Gasteiger partial charge is 0.319 e. The molecule has 0 bridgehead atoms. The molecule has 0 aliphatic carbocycles. The van der Waals surface area contributed by atoms with Crippen molar-refractivity contribution in [2.24, 2.45) is 0 Å². The molecule has 0 amide bonds. The highest BCUT2D eigenvalue weighted by Crippen LogP contribution is 2.14. The molecule has 1 aromatic carbocycles. The number of aromatic amines is 1. The molecule has 2 rings (SSSR count). The van der Waals surface area contributed by atoms with Crippen LogP contribution in [0, 0.1) is 6.92 Å². The standard InChI is InChI=1S/C9H7BrN2O/c1-5-9(13)12-8-4-6(10)2-3-7(8)11-5/h2-4H,1H3,(H,12,13). The fourth-order valence-electron chi connectivity index (χ4n) is 1.15. The van der Waals surface area contributed by atoms with Crippen LogP contribution in [0.25, 0.3) is 11.0 Å². The maximum Gasteiger partial charge on any atom is 0.269 e. The van der Waals surface area contributed by atoms with Crippen LogP contribution in [0.15, 0.2) is 27.5 Å². The van der Waals surface area contributed by atoms with Crippen molar-refractivity contribution in [3.63, 3.8) is 0 Å². The van der Waals surface area contributed by atoms with E-state index in [4.69, 9.17) is 0 Å². The van der Waals surface area contributed by atoms with Crippen molar-refractivity contribution in [1.82, 2.24) is 9.97 Å². The Kier molecular flexibility index (Phi) is 1.92. The van der Waals surface area contributed by atoms with Gasteiger partial charge in [-0.1, -0.05) is 15.9 Å². The third-order valence-corrected chi connectivity index (χ3v) is 2.32. The minimum Gasteiger partial charge on any atom is -0.319 e. The molecule has 0 radical (unpaired) electrons. The lowest BCUT2D eigenvalue weighted by Crippen LogP contribution is -2.11. The maximum absolute atomic E-state index is 11.2. The van der Waals surface area contributed by atoms with Crippen LogP contribution < -0.4 is 5.56 Å². The zero-order chi connectivity index (χ0) is 9.42. The van der Waals surface area contributed by atoms with Crippen molar-refractivity contribution < 1.29 is 0 Å². The molecule has 1 aromatic heterocycles. The fourth-order valence-corrected chi connectivity index (χ4v) is 1.51. The third-order valence-electron chi connectivity index (χ3n) is 1.82. The summed E-state index contributed by atoms with van der Waals surface area (Å²) in [7, 11) is 0. The molecule has 2 aromatic rings. The van der Waals surface area contributed by atoms with Gasteiger partial charge in [0, 0.05) is 4.47 Å². The molecular formula is C9H7BrN2O. The highest BCUT2D eigenvalue weighted by atomic mass is 79.9. The molecule has 0 saturated heterocycles. The van der Waals surface area contributed by atoms with Gasteiger partial charge in [0.1, 0.15) is 5.69 Å². The van der Waals surface area contributed by atoms with Crippen LogP contribution in [0.2, 0.25) is 0 Å². The SMILES string of the molecule is Cc1nc2ccc(Br)cc2[nH]c1=O. The summed E-state index contributed by atoms with van der Waals surface area (Å²) >= 11 is 3.33. The lowest BCUT2D eigenvalue weighted by Gasteiger charge is -1.98. The number of H-pyrrole nitrogens is 1. The summed E-state index contributed by atoms with van der Waals surface area (Å²) in [6.07, 6.45) is 0. The van der Waals surface area contributed by atoms with E-state index in [1.807, 2.05) is 18.2 Å². The predicted octanol–water partition coefficient (Wildman–Crippen LogP) is 1.99. The number of fused-ring (bicyclic) bond motifs is 1. The van der Waals surface area contributed by atoms with Gasteiger partial charge in [0.05, 0.1) is 11.0 Å². The van der Waals surface area contributed by atoms with Crippen LogP contribution in [0.4, 0.5) is 0 Å². The Labute approximate surface area is 82.9 Å². The molecule has 1 N–H and O–H groups in total. The third kappa shape index (κ3) is 1.49. The lowest BCUT2D eigenvalue weighted by atomic mass is 10.3. The molecule has 0 unspecified atom stereocenters. The first kappa shape index (κ1) is 8.44. The average Bonchev–Trinajstić information content (AvgIpc) is 2.08. The topological polar surface area (TPSA) is 45.8 Å². The van der Waals surface area contributed by atoms with Crippen molar-refractivity contribution in [3.05, 3.63) is 38.7 Å². The summed E-state index contributed by atoms with van der Waals surface area (Å²) in [4.78, 5) is 18.1. The highest BCUT2D eigenvalue weighted by molar-refractivity contribution is 9.10. The van der Waals surface area contributed by atoms with Gasteiger partial charge in [0.25, 0.3) is 5.56 Å². The molecule has 0 aliphatic rings. The molecule has 4 heteroatoms. The van der Waals surface area contributed by atoms with E-state index in [9.17, 15) is 4.79 Å². The number of hydrogen-bond acceptors (Lipinski definition) is 2. The van der Waals surface area contributed by atoms with E-state index < -0.39 is 0 Å². The van der Waals surface area contributed by atoms with Crippen LogP contribution in [0.1, 0.15) is 5.69 Å². The first-order valence-electron chi connectivity index (χ1n) is 3.83. The van der Waals surface area contributed by atoms with Crippen molar-refractivity contribution >= 4 is 27.0 Å². The van der Waals surface area contributed by atoms with Crippen LogP contribution in [-0.2, 0) is 0 Å². The number of rotatable bonds is 0. The van der Waals surface area contributed by atoms with E-state index in [1.54, 1.807) is 6.92 Å². The van der Waals surface area contributed by atoms with E-state index in [1.165, 1.54) is 0 Å². The number of aryl methyl sites for hydroxylation is 1. The predicted molar refractivity (Wildman–Crippen MR) is 54.8 cm³/mol. The van der Waals surface area contributed by atoms with Crippen molar-refractivity contribution in [3.8, 4) is 0 Å². The minimum absolute atomic E-state index is 0.134. The number of aromatic nitrogens is 2. The molecule has 0 aliphatic heterocycles. The first-order valence-corrected chi connectivity index (χ1v) is 4.62. The Morgan fingerprint density at radius 2 is 2.23 bits per heavy atom. The van der Waals surface area contributed by atoms with E-state index in [2.05, 4.69) is 25.9 Å². The highest BCUT2D eigenvalue weighted by Gasteiger charge is 1.99. The van der Waals surface area contributed by atoms with Gasteiger partial charge in [0.15, 0.2) is 0 Å². The van der Waals surface area contributed by atoms with Crippen LogP contribution in [0.3, 0.4) is 0 Å². The first-order chi connectivity index (χ1) is 6.16. The van der Waals surface area contributed by atoms with Crippen LogP contribution in [-0.4, -0.2) is 9.97 Å². The minimum atomic E-state index is -0.134. The molecule has 0 atom stereocenters. The fraction of sp³-hybridized carbons (Fsp3) is 0.111. The van der Waals surface area contributed by atoms with Crippen molar-refractivity contribution in [2.75, 3.05) is 0 Å². The summed E-state index contributed by atoms with van der Waals surface area (Å²) in [5.74, 6) is 0. The maximum atomic E-state index is 11.2. The summed E-state index contributed by atoms with van der Waals surface area (Å²) in [5, 5.41) is 0. The van der Waals surface area contributed by atoms with Gasteiger partial charge in [-0.15, -0.1) is 0 Å². The van der Waals surface area contributed by atoms with Gasteiger partial charge in [-0.25, -0.2) is 4.98 Å². The van der Waals surface area contributed by atoms with E-state index in [-0.39, 0.29) is 5.56 Å². The van der Waals surface area contributed by atoms with Gasteiger partial charge in [-0.05, 0) is 25.1 Å². The van der Waals surface area contributed by atoms with Crippen LogP contribution in [0.5, 0.6) is 0 Å². The van der Waals surface area contributed by atoms with Gasteiger partial charge >= 0.3 is 0 Å². The Morgan fingerprint density at radius 3 is 3.00 bits per heavy atom. The van der Waals surface area contributed by atoms with Gasteiger partial charge in [-0.2, -0.15) is 0 Å². The molecule has 0 fully saturated rings. The summed E-state index contributed by atoms with van der Waals surface area (Å²) in [5.41, 5.74) is 1.92. The van der Waals surface area contributed by atoms with E-state index in [0.29, 0.717) is 5.69 Å². The smallest absolute Gasteiger partial charge is 0.269 e. The molecule has 0 spiro atoms. The van der Waals surface area contributed by atoms with Gasteiger partial charge in [-0.3, -0.25) is 4.79 Å². The number of halogens is 1. The lowest BCUT2D eigenvalue weighted by molar-refractivity contribution is 1.12. The number of nitrogens with zero attached hydrogens (tertiary/aromatic N) is 1. The molecule has 3 nitrogen and oxygen atoms in total. The Morgan fingerprint density at radius 1 is 1.46 bits per heavy atom. The quantitative estimate of drug-likeness (QED) is 0.764. The normalized spacial score (nSPS) is 10.6. The second kappa shape index (κ2) is 2.96. The average molecular weight is 239 g/mol. The molecule has 1 heterocycles. The second-order valence-electron chi connectivity index (χ2n) is 2.81. The zero-order valence-corrected chi connectivity index (χ0v) is 8.55. The molecule has 13 heavy (non-hydrogen) atoms. The monoisotopic (exact) mass is 238 g/mol. The summed E-state index contributed by atoms with van der Waals surface area (Å²) in [6, 6.07) is 5.60. The molecule has 0 saturated carbocycles. The van der Waals surface area contributed by atoms with Crippen LogP contribution >= 0.6 is 15.9 Å². The summed E-state index contributed by atoms with van der Waals surface area (Å²) in [6.45, 7) is 1.69. The number of nitrogens with one attached hydrogen (secondary N) is 1. The Hall–Kier alpha value is -1.16. The second-order valence-corrected chi connectivity index (χ2v) is 3.73. The van der Waals surface area contributed by atoms with Gasteiger partial charge in [0.2, 0.25) is 0 Å². The zero-order valence-electron chi connectivity index (χ0n) is 6.97.